The van der Waals surface area contributed by atoms with Gasteiger partial charge < -0.3 is 10.6 Å². The number of H-pyrrole nitrogens is 1. The maximum atomic E-state index is 12.2. The topological polar surface area (TPSA) is 87.6 Å². The second-order valence-corrected chi connectivity index (χ2v) is 6.48. The number of anilines is 1. The lowest BCUT2D eigenvalue weighted by atomic mass is 9.86. The van der Waals surface area contributed by atoms with Gasteiger partial charge in [-0.1, -0.05) is 0 Å². The number of halogens is 1. The number of fused-ring (bicyclic) bond motifs is 4. The lowest BCUT2D eigenvalue weighted by molar-refractivity contribution is -0.116. The van der Waals surface area contributed by atoms with Gasteiger partial charge >= 0.3 is 0 Å². The van der Waals surface area contributed by atoms with Crippen LogP contribution in [0.3, 0.4) is 0 Å². The van der Waals surface area contributed by atoms with Gasteiger partial charge in [0.25, 0.3) is 0 Å². The van der Waals surface area contributed by atoms with Crippen LogP contribution in [0, 0.1) is 0 Å². The lowest BCUT2D eigenvalue weighted by Gasteiger charge is -2.25. The molecule has 1 amide bonds. The maximum absolute atomic E-state index is 12.2. The van der Waals surface area contributed by atoms with Crippen molar-refractivity contribution in [3.63, 3.8) is 0 Å². The van der Waals surface area contributed by atoms with Crippen molar-refractivity contribution in [3.05, 3.63) is 41.3 Å². The van der Waals surface area contributed by atoms with Gasteiger partial charge in [0.2, 0.25) is 5.91 Å². The summed E-state index contributed by atoms with van der Waals surface area (Å²) in [7, 11) is 0. The van der Waals surface area contributed by atoms with E-state index in [0.29, 0.717) is 6.42 Å². The molecule has 3 N–H and O–H groups in total. The van der Waals surface area contributed by atoms with Crippen molar-refractivity contribution in [1.29, 1.82) is 0 Å². The van der Waals surface area contributed by atoms with Gasteiger partial charge in [-0.3, -0.25) is 14.6 Å². The van der Waals surface area contributed by atoms with Crippen LogP contribution in [0.5, 0.6) is 0 Å². The van der Waals surface area contributed by atoms with E-state index in [1.54, 1.807) is 0 Å². The summed E-state index contributed by atoms with van der Waals surface area (Å²) in [5, 5.41) is 19.5. The molecule has 0 fully saturated rings. The van der Waals surface area contributed by atoms with E-state index in [9.17, 15) is 4.79 Å². The van der Waals surface area contributed by atoms with E-state index < -0.39 is 0 Å². The Kier molecular flexibility index (Phi) is 3.97. The molecule has 8 heteroatoms. The zero-order valence-corrected chi connectivity index (χ0v) is 14.4. The highest BCUT2D eigenvalue weighted by molar-refractivity contribution is 6.00. The molecule has 0 spiro atoms. The van der Waals surface area contributed by atoms with Gasteiger partial charge in [-0.05, 0) is 31.2 Å². The summed E-state index contributed by atoms with van der Waals surface area (Å²) in [4.78, 5) is 12.2. The van der Waals surface area contributed by atoms with Crippen molar-refractivity contribution >= 4 is 34.9 Å². The second kappa shape index (κ2) is 6.16. The summed E-state index contributed by atoms with van der Waals surface area (Å²) < 4.78 is 2.08. The first-order valence-electron chi connectivity index (χ1n) is 8.33. The van der Waals surface area contributed by atoms with Crippen LogP contribution in [0.15, 0.2) is 24.4 Å². The van der Waals surface area contributed by atoms with Gasteiger partial charge in [-0.25, -0.2) is 0 Å². The molecule has 0 saturated heterocycles. The molecular formula is C17H19ClN6O. The minimum absolute atomic E-state index is 0. The molecule has 0 aliphatic carbocycles. The van der Waals surface area contributed by atoms with Crippen LogP contribution in [-0.2, 0) is 17.9 Å². The molecule has 5 rings (SSSR count). The molecule has 1 unspecified atom stereocenters. The highest BCUT2D eigenvalue weighted by Gasteiger charge is 2.31. The number of benzene rings is 1. The predicted octanol–water partition coefficient (Wildman–Crippen LogP) is 2.15. The third-order valence-electron chi connectivity index (χ3n) is 4.94. The molecule has 7 nitrogen and oxygen atoms in total. The molecule has 2 aliphatic heterocycles. The van der Waals surface area contributed by atoms with Crippen molar-refractivity contribution in [2.75, 3.05) is 11.9 Å². The van der Waals surface area contributed by atoms with E-state index in [-0.39, 0.29) is 24.2 Å². The molecule has 4 heterocycles. The first kappa shape index (κ1) is 16.1. The average molecular weight is 359 g/mol. The van der Waals surface area contributed by atoms with Crippen molar-refractivity contribution in [3.8, 4) is 0 Å². The van der Waals surface area contributed by atoms with Crippen molar-refractivity contribution in [1.82, 2.24) is 25.3 Å². The Balaban J connectivity index is 0.00000157. The first-order chi connectivity index (χ1) is 11.8. The van der Waals surface area contributed by atoms with Crippen LogP contribution in [0.2, 0.25) is 0 Å². The van der Waals surface area contributed by atoms with Crippen molar-refractivity contribution in [2.45, 2.75) is 31.8 Å². The number of nitrogens with zero attached hydrogens (tertiary/aromatic N) is 3. The molecule has 3 aromatic rings. The summed E-state index contributed by atoms with van der Waals surface area (Å²) in [5.41, 5.74) is 5.08. The first-order valence-corrected chi connectivity index (χ1v) is 8.33. The monoisotopic (exact) mass is 358 g/mol. The third kappa shape index (κ3) is 2.60. The summed E-state index contributed by atoms with van der Waals surface area (Å²) in [6.07, 6.45) is 3.30. The van der Waals surface area contributed by atoms with Crippen LogP contribution < -0.4 is 10.6 Å². The molecule has 0 saturated carbocycles. The second-order valence-electron chi connectivity index (χ2n) is 6.48. The average Bonchev–Trinajstić information content (AvgIpc) is 3.16. The number of aryl methyl sites for hydroxylation is 1. The van der Waals surface area contributed by atoms with E-state index in [1.807, 2.05) is 18.3 Å². The molecule has 2 aliphatic rings. The Hall–Kier alpha value is -2.38. The van der Waals surface area contributed by atoms with E-state index >= 15 is 0 Å². The zero-order chi connectivity index (χ0) is 16.1. The van der Waals surface area contributed by atoms with Crippen LogP contribution in [0.4, 0.5) is 5.69 Å². The summed E-state index contributed by atoms with van der Waals surface area (Å²) in [6, 6.07) is 6.08. The smallest absolute Gasteiger partial charge is 0.225 e. The Bertz CT molecular complexity index is 922. The van der Waals surface area contributed by atoms with Gasteiger partial charge in [0.05, 0.1) is 23.1 Å². The minimum atomic E-state index is -0.0441. The number of carbonyl (C=O) groups excluding carboxylic acids is 1. The number of rotatable bonds is 1. The lowest BCUT2D eigenvalue weighted by Crippen LogP contribution is -2.24. The Labute approximate surface area is 150 Å². The van der Waals surface area contributed by atoms with Gasteiger partial charge in [0.15, 0.2) is 0 Å². The van der Waals surface area contributed by atoms with Crippen molar-refractivity contribution < 1.29 is 4.79 Å². The largest absolute Gasteiger partial charge is 0.326 e. The molecule has 0 bridgehead atoms. The fourth-order valence-corrected chi connectivity index (χ4v) is 3.80. The summed E-state index contributed by atoms with van der Waals surface area (Å²) >= 11 is 0. The van der Waals surface area contributed by atoms with Crippen LogP contribution >= 0.6 is 12.4 Å². The Morgan fingerprint density at radius 1 is 1.28 bits per heavy atom. The van der Waals surface area contributed by atoms with Crippen molar-refractivity contribution in [2.24, 2.45) is 0 Å². The van der Waals surface area contributed by atoms with E-state index in [2.05, 4.69) is 31.6 Å². The SMILES string of the molecule is Cl.O=C1CC(c2cc3n(n2)CCCNC3)c2c(ccc3cn[nH]c23)N1. The van der Waals surface area contributed by atoms with Gasteiger partial charge in [0, 0.05) is 42.1 Å². The van der Waals surface area contributed by atoms with Crippen LogP contribution in [0.25, 0.3) is 10.9 Å². The molecular weight excluding hydrogens is 340 g/mol. The number of aromatic nitrogens is 4. The van der Waals surface area contributed by atoms with Gasteiger partial charge in [0.1, 0.15) is 0 Å². The normalized spacial score (nSPS) is 19.5. The van der Waals surface area contributed by atoms with E-state index in [1.165, 1.54) is 5.69 Å². The molecule has 0 radical (unpaired) electrons. The highest BCUT2D eigenvalue weighted by Crippen LogP contribution is 2.40. The number of carbonyl (C=O) groups is 1. The van der Waals surface area contributed by atoms with Crippen LogP contribution in [-0.4, -0.2) is 32.4 Å². The quantitative estimate of drug-likeness (QED) is 0.622. The zero-order valence-electron chi connectivity index (χ0n) is 13.6. The Morgan fingerprint density at radius 2 is 2.20 bits per heavy atom. The predicted molar refractivity (Wildman–Crippen MR) is 97.0 cm³/mol. The number of aromatic amines is 1. The van der Waals surface area contributed by atoms with E-state index in [0.717, 1.165) is 53.9 Å². The van der Waals surface area contributed by atoms with Gasteiger partial charge in [-0.2, -0.15) is 10.2 Å². The summed E-state index contributed by atoms with van der Waals surface area (Å²) in [5.74, 6) is -0.00925. The highest BCUT2D eigenvalue weighted by atomic mass is 35.5. The number of amides is 1. The molecule has 130 valence electrons. The summed E-state index contributed by atoms with van der Waals surface area (Å²) in [6.45, 7) is 2.76. The van der Waals surface area contributed by atoms with E-state index in [4.69, 9.17) is 5.10 Å². The van der Waals surface area contributed by atoms with Gasteiger partial charge in [-0.15, -0.1) is 12.4 Å². The number of hydrogen-bond donors (Lipinski definition) is 3. The third-order valence-corrected chi connectivity index (χ3v) is 4.94. The van der Waals surface area contributed by atoms with Crippen LogP contribution in [0.1, 0.15) is 35.7 Å². The Morgan fingerprint density at radius 3 is 3.12 bits per heavy atom. The minimum Gasteiger partial charge on any atom is -0.326 e. The number of nitrogens with one attached hydrogen (secondary N) is 3. The fourth-order valence-electron chi connectivity index (χ4n) is 3.80. The molecule has 25 heavy (non-hydrogen) atoms. The standard InChI is InChI=1S/C17H18N6O.ClH/c24-15-7-12(14-6-11-9-18-4-1-5-23(11)22-14)16-13(20-15)3-2-10-8-19-21-17(10)16;/h2-3,6,8,12,18H,1,4-5,7,9H2,(H,19,21)(H,20,24);1H. The molecule has 2 aromatic heterocycles. The number of hydrogen-bond acceptors (Lipinski definition) is 4. The molecule has 1 atom stereocenters. The maximum Gasteiger partial charge on any atom is 0.225 e. The molecule has 1 aromatic carbocycles. The fraction of sp³-hybridized carbons (Fsp3) is 0.353.